The lowest BCUT2D eigenvalue weighted by Crippen LogP contribution is -1.93. The summed E-state index contributed by atoms with van der Waals surface area (Å²) in [6.07, 6.45) is 3.12. The molecule has 86 valence electrons. The van der Waals surface area contributed by atoms with Crippen LogP contribution in [0.4, 0.5) is 0 Å². The summed E-state index contributed by atoms with van der Waals surface area (Å²) in [6, 6.07) is 17.6. The zero-order valence-corrected chi connectivity index (χ0v) is 10.8. The predicted molar refractivity (Wildman–Crippen MR) is 74.6 cm³/mol. The number of aliphatic hydroxyl groups excluding tert-OH is 1. The lowest BCUT2D eigenvalue weighted by Gasteiger charge is -2.07. The Labute approximate surface area is 110 Å². The average Bonchev–Trinajstić information content (AvgIpc) is 2.38. The van der Waals surface area contributed by atoms with Crippen molar-refractivity contribution in [2.24, 2.45) is 0 Å². The molecule has 0 heterocycles. The molecule has 2 rings (SSSR count). The molecule has 0 aliphatic heterocycles. The third-order valence-corrected chi connectivity index (χ3v) is 3.22. The average molecular weight is 289 g/mol. The predicted octanol–water partition coefficient (Wildman–Crippen LogP) is 4.20. The normalized spacial score (nSPS) is 12.8. The van der Waals surface area contributed by atoms with Gasteiger partial charge in [0.1, 0.15) is 0 Å². The van der Waals surface area contributed by atoms with Crippen molar-refractivity contribution in [1.29, 1.82) is 0 Å². The first-order chi connectivity index (χ1) is 8.27. The highest BCUT2D eigenvalue weighted by atomic mass is 79.9. The number of halogens is 1. The molecule has 0 amide bonds. The van der Waals surface area contributed by atoms with E-state index in [0.29, 0.717) is 0 Å². The highest BCUT2D eigenvalue weighted by molar-refractivity contribution is 9.10. The Kier molecular flexibility index (Phi) is 4.13. The first-order valence-corrected chi connectivity index (χ1v) is 6.22. The molecule has 17 heavy (non-hydrogen) atoms. The molecule has 1 atom stereocenters. The summed E-state index contributed by atoms with van der Waals surface area (Å²) in [7, 11) is 0. The standard InChI is InChI=1S/C15H13BrO/c16-14-9-5-4-8-13(14)15(17)11-10-12-6-2-1-3-7-12/h1-11,15,17H/b11-10-. The van der Waals surface area contributed by atoms with E-state index in [2.05, 4.69) is 15.9 Å². The third-order valence-electron chi connectivity index (χ3n) is 2.49. The maximum absolute atomic E-state index is 10.0. The molecule has 0 saturated heterocycles. The number of aliphatic hydroxyl groups is 1. The van der Waals surface area contributed by atoms with Crippen LogP contribution < -0.4 is 0 Å². The Bertz CT molecular complexity index is 505. The van der Waals surface area contributed by atoms with Gasteiger partial charge in [-0.3, -0.25) is 0 Å². The van der Waals surface area contributed by atoms with E-state index in [1.54, 1.807) is 6.08 Å². The molecule has 0 aliphatic rings. The zero-order chi connectivity index (χ0) is 12.1. The van der Waals surface area contributed by atoms with Crippen LogP contribution in [-0.2, 0) is 0 Å². The van der Waals surface area contributed by atoms with Gasteiger partial charge in [-0.1, -0.05) is 76.6 Å². The Hall–Kier alpha value is -1.38. The Morgan fingerprint density at radius 2 is 1.59 bits per heavy atom. The van der Waals surface area contributed by atoms with Crippen LogP contribution in [0, 0.1) is 0 Å². The molecule has 2 aromatic carbocycles. The van der Waals surface area contributed by atoms with E-state index < -0.39 is 6.10 Å². The van der Waals surface area contributed by atoms with Gasteiger partial charge in [0.2, 0.25) is 0 Å². The van der Waals surface area contributed by atoms with Gasteiger partial charge in [-0.25, -0.2) is 0 Å². The third kappa shape index (κ3) is 3.29. The first-order valence-electron chi connectivity index (χ1n) is 5.43. The lowest BCUT2D eigenvalue weighted by atomic mass is 10.1. The van der Waals surface area contributed by atoms with Crippen LogP contribution in [0.15, 0.2) is 65.1 Å². The minimum atomic E-state index is -0.592. The van der Waals surface area contributed by atoms with Gasteiger partial charge in [0.15, 0.2) is 0 Å². The molecule has 1 unspecified atom stereocenters. The van der Waals surface area contributed by atoms with Crippen LogP contribution in [-0.4, -0.2) is 5.11 Å². The van der Waals surface area contributed by atoms with Crippen LogP contribution in [0.5, 0.6) is 0 Å². The van der Waals surface area contributed by atoms with E-state index in [-0.39, 0.29) is 0 Å². The largest absolute Gasteiger partial charge is 0.384 e. The summed E-state index contributed by atoms with van der Waals surface area (Å²) >= 11 is 3.43. The first kappa shape index (κ1) is 12.1. The van der Waals surface area contributed by atoms with Crippen molar-refractivity contribution < 1.29 is 5.11 Å². The summed E-state index contributed by atoms with van der Waals surface area (Å²) < 4.78 is 0.921. The maximum atomic E-state index is 10.0. The summed E-state index contributed by atoms with van der Waals surface area (Å²) in [4.78, 5) is 0. The van der Waals surface area contributed by atoms with Gasteiger partial charge >= 0.3 is 0 Å². The Balaban J connectivity index is 2.15. The molecule has 0 aliphatic carbocycles. The van der Waals surface area contributed by atoms with E-state index in [9.17, 15) is 5.11 Å². The second-order valence-electron chi connectivity index (χ2n) is 3.74. The van der Waals surface area contributed by atoms with E-state index in [0.717, 1.165) is 15.6 Å². The molecule has 0 bridgehead atoms. The van der Waals surface area contributed by atoms with Crippen LogP contribution in [0.1, 0.15) is 17.2 Å². The fraction of sp³-hybridized carbons (Fsp3) is 0.0667. The maximum Gasteiger partial charge on any atom is 0.0985 e. The van der Waals surface area contributed by atoms with Crippen molar-refractivity contribution >= 4 is 22.0 Å². The molecule has 1 nitrogen and oxygen atoms in total. The topological polar surface area (TPSA) is 20.2 Å². The fourth-order valence-corrected chi connectivity index (χ4v) is 2.10. The molecule has 0 spiro atoms. The van der Waals surface area contributed by atoms with E-state index >= 15 is 0 Å². The highest BCUT2D eigenvalue weighted by Gasteiger charge is 2.06. The summed E-state index contributed by atoms with van der Waals surface area (Å²) in [5.41, 5.74) is 1.96. The van der Waals surface area contributed by atoms with Gasteiger partial charge in [0.25, 0.3) is 0 Å². The smallest absolute Gasteiger partial charge is 0.0985 e. The van der Waals surface area contributed by atoms with Crippen molar-refractivity contribution in [1.82, 2.24) is 0 Å². The quantitative estimate of drug-likeness (QED) is 0.898. The van der Waals surface area contributed by atoms with Gasteiger partial charge in [-0.15, -0.1) is 0 Å². The van der Waals surface area contributed by atoms with Crippen LogP contribution >= 0.6 is 15.9 Å². The van der Waals surface area contributed by atoms with Gasteiger partial charge < -0.3 is 5.11 Å². The molecule has 0 aromatic heterocycles. The van der Waals surface area contributed by atoms with Crippen molar-refractivity contribution in [3.05, 3.63) is 76.3 Å². The Morgan fingerprint density at radius 1 is 0.941 bits per heavy atom. The van der Waals surface area contributed by atoms with Gasteiger partial charge in [-0.05, 0) is 17.2 Å². The van der Waals surface area contributed by atoms with Gasteiger partial charge in [0.05, 0.1) is 6.10 Å². The minimum Gasteiger partial charge on any atom is -0.384 e. The van der Waals surface area contributed by atoms with E-state index in [4.69, 9.17) is 0 Å². The van der Waals surface area contributed by atoms with Crippen molar-refractivity contribution in [2.75, 3.05) is 0 Å². The molecule has 0 saturated carbocycles. The second kappa shape index (κ2) is 5.80. The zero-order valence-electron chi connectivity index (χ0n) is 9.25. The monoisotopic (exact) mass is 288 g/mol. The van der Waals surface area contributed by atoms with Crippen LogP contribution in [0.25, 0.3) is 6.08 Å². The van der Waals surface area contributed by atoms with Crippen molar-refractivity contribution in [3.63, 3.8) is 0 Å². The lowest BCUT2D eigenvalue weighted by molar-refractivity contribution is 0.229. The number of hydrogen-bond donors (Lipinski definition) is 1. The molecule has 2 heteroatoms. The second-order valence-corrected chi connectivity index (χ2v) is 4.59. The molecular formula is C15H13BrO. The number of hydrogen-bond acceptors (Lipinski definition) is 1. The SMILES string of the molecule is OC(/C=C\c1ccccc1)c1ccccc1Br. The molecule has 1 N–H and O–H groups in total. The number of benzene rings is 2. The molecule has 0 fully saturated rings. The number of rotatable bonds is 3. The summed E-state index contributed by atoms with van der Waals surface area (Å²) in [6.45, 7) is 0. The Morgan fingerprint density at radius 3 is 2.29 bits per heavy atom. The minimum absolute atomic E-state index is 0.592. The summed E-state index contributed by atoms with van der Waals surface area (Å²) in [5, 5.41) is 10.0. The molecular weight excluding hydrogens is 276 g/mol. The van der Waals surface area contributed by atoms with E-state index in [1.807, 2.05) is 60.7 Å². The van der Waals surface area contributed by atoms with Crippen LogP contribution in [0.2, 0.25) is 0 Å². The summed E-state index contributed by atoms with van der Waals surface area (Å²) in [5.74, 6) is 0. The van der Waals surface area contributed by atoms with Gasteiger partial charge in [-0.2, -0.15) is 0 Å². The van der Waals surface area contributed by atoms with E-state index in [1.165, 1.54) is 0 Å². The van der Waals surface area contributed by atoms with Crippen molar-refractivity contribution in [2.45, 2.75) is 6.10 Å². The fourth-order valence-electron chi connectivity index (χ4n) is 1.59. The highest BCUT2D eigenvalue weighted by Crippen LogP contribution is 2.24. The molecule has 0 radical (unpaired) electrons. The van der Waals surface area contributed by atoms with Crippen LogP contribution in [0.3, 0.4) is 0 Å². The van der Waals surface area contributed by atoms with Crippen molar-refractivity contribution in [3.8, 4) is 0 Å². The molecule has 2 aromatic rings. The van der Waals surface area contributed by atoms with Gasteiger partial charge in [0, 0.05) is 4.47 Å².